The minimum Gasteiger partial charge on any atom is -0.493 e. The molecule has 0 aliphatic carbocycles. The second-order valence-electron chi connectivity index (χ2n) is 5.20. The number of para-hydroxylation sites is 1. The number of nitrogens with zero attached hydrogens (tertiary/aromatic N) is 1. The SMILES string of the molecule is COc1cccc(C=NNC(=O)C(=O)Nc2ccc(Cl)cc2C)c1OC. The number of methoxy groups -OCH3 is 2. The van der Waals surface area contributed by atoms with Gasteiger partial charge in [-0.05, 0) is 42.8 Å². The zero-order chi connectivity index (χ0) is 19.1. The molecule has 0 aliphatic rings. The molecule has 0 radical (unpaired) electrons. The van der Waals surface area contributed by atoms with E-state index in [1.807, 2.05) is 0 Å². The van der Waals surface area contributed by atoms with E-state index in [1.165, 1.54) is 20.4 Å². The monoisotopic (exact) mass is 375 g/mol. The molecule has 0 spiro atoms. The molecule has 0 fully saturated rings. The van der Waals surface area contributed by atoms with Crippen LogP contribution in [0.5, 0.6) is 11.5 Å². The van der Waals surface area contributed by atoms with Gasteiger partial charge < -0.3 is 14.8 Å². The molecular weight excluding hydrogens is 358 g/mol. The first kappa shape index (κ1) is 19.3. The molecule has 2 amide bonds. The van der Waals surface area contributed by atoms with E-state index in [0.717, 1.165) is 5.56 Å². The van der Waals surface area contributed by atoms with Crippen molar-refractivity contribution in [3.8, 4) is 11.5 Å². The van der Waals surface area contributed by atoms with E-state index in [9.17, 15) is 9.59 Å². The molecule has 0 aliphatic heterocycles. The number of hydrogen-bond acceptors (Lipinski definition) is 5. The van der Waals surface area contributed by atoms with Crippen molar-refractivity contribution in [1.82, 2.24) is 5.43 Å². The number of halogens is 1. The normalized spacial score (nSPS) is 10.5. The molecule has 8 heteroatoms. The highest BCUT2D eigenvalue weighted by Gasteiger charge is 2.14. The first-order valence-corrected chi connectivity index (χ1v) is 7.95. The third-order valence-corrected chi connectivity index (χ3v) is 3.68. The van der Waals surface area contributed by atoms with Crippen molar-refractivity contribution in [3.05, 3.63) is 52.5 Å². The van der Waals surface area contributed by atoms with Gasteiger partial charge in [-0.1, -0.05) is 17.7 Å². The molecule has 0 atom stereocenters. The number of amides is 2. The molecular formula is C18H18ClN3O4. The van der Waals surface area contributed by atoms with Crippen LogP contribution in [0.3, 0.4) is 0 Å². The average Bonchev–Trinajstić information content (AvgIpc) is 2.63. The number of rotatable bonds is 5. The Bertz CT molecular complexity index is 852. The number of benzene rings is 2. The summed E-state index contributed by atoms with van der Waals surface area (Å²) < 4.78 is 10.4. The van der Waals surface area contributed by atoms with Gasteiger partial charge in [0.2, 0.25) is 0 Å². The maximum absolute atomic E-state index is 11.9. The van der Waals surface area contributed by atoms with Crippen molar-refractivity contribution in [2.24, 2.45) is 5.10 Å². The van der Waals surface area contributed by atoms with Gasteiger partial charge in [-0.3, -0.25) is 9.59 Å². The summed E-state index contributed by atoms with van der Waals surface area (Å²) in [6, 6.07) is 10.1. The number of hydrogen-bond donors (Lipinski definition) is 2. The highest BCUT2D eigenvalue weighted by Crippen LogP contribution is 2.29. The zero-order valence-electron chi connectivity index (χ0n) is 14.5. The standard InChI is InChI=1S/C18H18ClN3O4/c1-11-9-13(19)7-8-14(11)21-17(23)18(24)22-20-10-12-5-4-6-15(25-2)16(12)26-3/h4-10H,1-3H3,(H,21,23)(H,22,24). The van der Waals surface area contributed by atoms with Crippen molar-refractivity contribution in [1.29, 1.82) is 0 Å². The maximum Gasteiger partial charge on any atom is 0.329 e. The van der Waals surface area contributed by atoms with E-state index < -0.39 is 11.8 Å². The zero-order valence-corrected chi connectivity index (χ0v) is 15.3. The number of nitrogens with one attached hydrogen (secondary N) is 2. The number of carbonyl (C=O) groups excluding carboxylic acids is 2. The van der Waals surface area contributed by atoms with Crippen LogP contribution in [0.1, 0.15) is 11.1 Å². The molecule has 0 aromatic heterocycles. The largest absolute Gasteiger partial charge is 0.493 e. The van der Waals surface area contributed by atoms with Gasteiger partial charge in [0.1, 0.15) is 0 Å². The van der Waals surface area contributed by atoms with Crippen LogP contribution in [-0.4, -0.2) is 32.2 Å². The van der Waals surface area contributed by atoms with Crippen LogP contribution in [-0.2, 0) is 9.59 Å². The number of ether oxygens (including phenoxy) is 2. The second-order valence-corrected chi connectivity index (χ2v) is 5.63. The minimum atomic E-state index is -0.905. The minimum absolute atomic E-state index is 0.467. The average molecular weight is 376 g/mol. The first-order valence-electron chi connectivity index (χ1n) is 7.57. The highest BCUT2D eigenvalue weighted by atomic mass is 35.5. The van der Waals surface area contributed by atoms with Gasteiger partial charge in [-0.2, -0.15) is 5.10 Å². The van der Waals surface area contributed by atoms with Crippen LogP contribution in [0.2, 0.25) is 5.02 Å². The van der Waals surface area contributed by atoms with Gasteiger partial charge >= 0.3 is 11.8 Å². The lowest BCUT2D eigenvalue weighted by molar-refractivity contribution is -0.136. The number of hydrazone groups is 1. The summed E-state index contributed by atoms with van der Waals surface area (Å²) in [7, 11) is 3.01. The summed E-state index contributed by atoms with van der Waals surface area (Å²) in [4.78, 5) is 23.8. The Morgan fingerprint density at radius 1 is 1.12 bits per heavy atom. The van der Waals surface area contributed by atoms with E-state index in [2.05, 4.69) is 15.8 Å². The molecule has 0 bridgehead atoms. The van der Waals surface area contributed by atoms with E-state index in [0.29, 0.717) is 27.8 Å². The Hall–Kier alpha value is -3.06. The fourth-order valence-electron chi connectivity index (χ4n) is 2.17. The predicted molar refractivity (Wildman–Crippen MR) is 100 cm³/mol. The Morgan fingerprint density at radius 3 is 2.54 bits per heavy atom. The van der Waals surface area contributed by atoms with Crippen molar-refractivity contribution >= 4 is 35.3 Å². The molecule has 136 valence electrons. The molecule has 26 heavy (non-hydrogen) atoms. The summed E-state index contributed by atoms with van der Waals surface area (Å²) in [5.41, 5.74) is 3.98. The first-order chi connectivity index (χ1) is 12.5. The van der Waals surface area contributed by atoms with Crippen molar-refractivity contribution in [3.63, 3.8) is 0 Å². The van der Waals surface area contributed by atoms with E-state index >= 15 is 0 Å². The highest BCUT2D eigenvalue weighted by molar-refractivity contribution is 6.39. The van der Waals surface area contributed by atoms with Gasteiger partial charge in [-0.15, -0.1) is 0 Å². The van der Waals surface area contributed by atoms with Crippen LogP contribution in [0.15, 0.2) is 41.5 Å². The van der Waals surface area contributed by atoms with Gasteiger partial charge in [0, 0.05) is 16.3 Å². The van der Waals surface area contributed by atoms with Crippen molar-refractivity contribution in [2.75, 3.05) is 19.5 Å². The van der Waals surface area contributed by atoms with Crippen LogP contribution >= 0.6 is 11.6 Å². The van der Waals surface area contributed by atoms with Crippen LogP contribution in [0.4, 0.5) is 5.69 Å². The smallest absolute Gasteiger partial charge is 0.329 e. The second kappa shape index (κ2) is 8.87. The number of aryl methyl sites for hydroxylation is 1. The quantitative estimate of drug-likeness (QED) is 0.477. The molecule has 2 aromatic carbocycles. The summed E-state index contributed by atoms with van der Waals surface area (Å²) in [5.74, 6) is -0.754. The third kappa shape index (κ3) is 4.73. The summed E-state index contributed by atoms with van der Waals surface area (Å²) in [6.45, 7) is 1.77. The molecule has 0 saturated heterocycles. The molecule has 0 unspecified atom stereocenters. The van der Waals surface area contributed by atoms with Crippen molar-refractivity contribution in [2.45, 2.75) is 6.92 Å². The summed E-state index contributed by atoms with van der Waals surface area (Å²) in [5, 5.41) is 6.82. The molecule has 2 rings (SSSR count). The Balaban J connectivity index is 2.02. The predicted octanol–water partition coefficient (Wildman–Crippen LogP) is 2.75. The fraction of sp³-hybridized carbons (Fsp3) is 0.167. The summed E-state index contributed by atoms with van der Waals surface area (Å²) >= 11 is 5.86. The van der Waals surface area contributed by atoms with Gasteiger partial charge in [-0.25, -0.2) is 5.43 Å². The number of carbonyl (C=O) groups is 2. The van der Waals surface area contributed by atoms with Crippen LogP contribution in [0, 0.1) is 6.92 Å². The van der Waals surface area contributed by atoms with Crippen LogP contribution < -0.4 is 20.2 Å². The van der Waals surface area contributed by atoms with Crippen molar-refractivity contribution < 1.29 is 19.1 Å². The lowest BCUT2D eigenvalue weighted by atomic mass is 10.2. The number of anilines is 1. The fourth-order valence-corrected chi connectivity index (χ4v) is 2.40. The maximum atomic E-state index is 11.9. The topological polar surface area (TPSA) is 89.0 Å². The molecule has 2 N–H and O–H groups in total. The summed E-state index contributed by atoms with van der Waals surface area (Å²) in [6.07, 6.45) is 1.36. The Labute approximate surface area is 155 Å². The molecule has 7 nitrogen and oxygen atoms in total. The molecule has 2 aromatic rings. The van der Waals surface area contributed by atoms with E-state index in [1.54, 1.807) is 43.3 Å². The Kier molecular flexibility index (Phi) is 6.57. The van der Waals surface area contributed by atoms with Gasteiger partial charge in [0.15, 0.2) is 11.5 Å². The molecule has 0 heterocycles. The lowest BCUT2D eigenvalue weighted by Crippen LogP contribution is -2.32. The van der Waals surface area contributed by atoms with E-state index in [4.69, 9.17) is 21.1 Å². The van der Waals surface area contributed by atoms with Crippen LogP contribution in [0.25, 0.3) is 0 Å². The molecule has 0 saturated carbocycles. The van der Waals surface area contributed by atoms with Gasteiger partial charge in [0.25, 0.3) is 0 Å². The Morgan fingerprint density at radius 2 is 1.88 bits per heavy atom. The lowest BCUT2D eigenvalue weighted by Gasteiger charge is -2.09. The third-order valence-electron chi connectivity index (χ3n) is 3.45. The van der Waals surface area contributed by atoms with E-state index in [-0.39, 0.29) is 0 Å². The van der Waals surface area contributed by atoms with Gasteiger partial charge in [0.05, 0.1) is 20.4 Å².